The summed E-state index contributed by atoms with van der Waals surface area (Å²) in [4.78, 5) is 11.0. The molecule has 134 valence electrons. The second kappa shape index (κ2) is 9.69. The predicted molar refractivity (Wildman–Crippen MR) is 97.2 cm³/mol. The van der Waals surface area contributed by atoms with Crippen LogP contribution in [0.1, 0.15) is 24.0 Å². The van der Waals surface area contributed by atoms with Crippen LogP contribution in [-0.2, 0) is 17.8 Å². The van der Waals surface area contributed by atoms with Gasteiger partial charge < -0.3 is 19.9 Å². The first-order valence-corrected chi connectivity index (χ1v) is 8.32. The lowest BCUT2D eigenvalue weighted by Gasteiger charge is -2.19. The van der Waals surface area contributed by atoms with Crippen molar-refractivity contribution < 1.29 is 19.4 Å². The Labute approximate surface area is 148 Å². The van der Waals surface area contributed by atoms with Crippen LogP contribution in [0.2, 0.25) is 0 Å². The molecule has 1 atom stereocenters. The molecule has 0 aliphatic carbocycles. The van der Waals surface area contributed by atoms with Gasteiger partial charge in [-0.2, -0.15) is 0 Å². The summed E-state index contributed by atoms with van der Waals surface area (Å²) in [5, 5.41) is 12.5. The van der Waals surface area contributed by atoms with Gasteiger partial charge >= 0.3 is 5.97 Å². The minimum atomic E-state index is -0.779. The van der Waals surface area contributed by atoms with E-state index in [2.05, 4.69) is 17.4 Å². The maximum Gasteiger partial charge on any atom is 0.303 e. The number of nitrogens with one attached hydrogen (secondary N) is 1. The first kappa shape index (κ1) is 18.8. The van der Waals surface area contributed by atoms with Crippen LogP contribution in [0, 0.1) is 0 Å². The second-order valence-corrected chi connectivity index (χ2v) is 5.88. The number of carboxylic acid groups (broad SMARTS) is 1. The largest absolute Gasteiger partial charge is 0.497 e. The standard InChI is InChI=1S/C20H25NO4/c1-24-18-9-10-19(25-2)16(13-18)14-21-17(8-11-20(22)23)12-15-6-4-3-5-7-15/h3-7,9-10,13,17,21H,8,11-12,14H2,1-2H3,(H,22,23). The van der Waals surface area contributed by atoms with Crippen molar-refractivity contribution in [2.45, 2.75) is 31.8 Å². The number of rotatable bonds is 10. The van der Waals surface area contributed by atoms with Crippen molar-refractivity contribution in [2.75, 3.05) is 14.2 Å². The molecular formula is C20H25NO4. The van der Waals surface area contributed by atoms with Crippen LogP contribution in [-0.4, -0.2) is 31.3 Å². The van der Waals surface area contributed by atoms with Gasteiger partial charge in [-0.15, -0.1) is 0 Å². The quantitative estimate of drug-likeness (QED) is 0.693. The zero-order valence-corrected chi connectivity index (χ0v) is 14.7. The van der Waals surface area contributed by atoms with Crippen molar-refractivity contribution in [2.24, 2.45) is 0 Å². The number of hydrogen-bond donors (Lipinski definition) is 2. The van der Waals surface area contributed by atoms with Crippen molar-refractivity contribution in [3.05, 3.63) is 59.7 Å². The number of carbonyl (C=O) groups is 1. The molecule has 0 spiro atoms. The average molecular weight is 343 g/mol. The smallest absolute Gasteiger partial charge is 0.303 e. The van der Waals surface area contributed by atoms with E-state index in [1.54, 1.807) is 14.2 Å². The summed E-state index contributed by atoms with van der Waals surface area (Å²) in [6.45, 7) is 0.581. The van der Waals surface area contributed by atoms with Gasteiger partial charge in [-0.25, -0.2) is 0 Å². The van der Waals surface area contributed by atoms with Crippen molar-refractivity contribution in [1.29, 1.82) is 0 Å². The number of carboxylic acids is 1. The van der Waals surface area contributed by atoms with Gasteiger partial charge in [0.2, 0.25) is 0 Å². The number of methoxy groups -OCH3 is 2. The van der Waals surface area contributed by atoms with Gasteiger partial charge in [0.1, 0.15) is 11.5 Å². The Morgan fingerprint density at radius 2 is 1.88 bits per heavy atom. The maximum atomic E-state index is 11.0. The summed E-state index contributed by atoms with van der Waals surface area (Å²) >= 11 is 0. The number of hydrogen-bond acceptors (Lipinski definition) is 4. The molecule has 0 aliphatic rings. The van der Waals surface area contributed by atoms with Crippen LogP contribution in [0.15, 0.2) is 48.5 Å². The molecule has 0 fully saturated rings. The van der Waals surface area contributed by atoms with Crippen LogP contribution >= 0.6 is 0 Å². The lowest BCUT2D eigenvalue weighted by molar-refractivity contribution is -0.137. The van der Waals surface area contributed by atoms with Crippen LogP contribution in [0.4, 0.5) is 0 Å². The Balaban J connectivity index is 2.06. The van der Waals surface area contributed by atoms with Gasteiger partial charge in [-0.05, 0) is 36.6 Å². The topological polar surface area (TPSA) is 67.8 Å². The molecule has 5 heteroatoms. The summed E-state index contributed by atoms with van der Waals surface area (Å²) in [5.41, 5.74) is 2.17. The van der Waals surface area contributed by atoms with E-state index in [1.807, 2.05) is 36.4 Å². The van der Waals surface area contributed by atoms with Crippen molar-refractivity contribution >= 4 is 5.97 Å². The number of ether oxygens (including phenoxy) is 2. The van der Waals surface area contributed by atoms with E-state index in [0.717, 1.165) is 23.5 Å². The third-order valence-electron chi connectivity index (χ3n) is 4.10. The highest BCUT2D eigenvalue weighted by Gasteiger charge is 2.13. The molecule has 0 aliphatic heterocycles. The van der Waals surface area contributed by atoms with E-state index in [0.29, 0.717) is 13.0 Å². The van der Waals surface area contributed by atoms with E-state index < -0.39 is 5.97 Å². The normalized spacial score (nSPS) is 11.8. The summed E-state index contributed by atoms with van der Waals surface area (Å²) in [7, 11) is 3.27. The lowest BCUT2D eigenvalue weighted by atomic mass is 10.0. The minimum Gasteiger partial charge on any atom is -0.497 e. The molecule has 1 unspecified atom stereocenters. The van der Waals surface area contributed by atoms with E-state index >= 15 is 0 Å². The van der Waals surface area contributed by atoms with E-state index in [4.69, 9.17) is 14.6 Å². The van der Waals surface area contributed by atoms with Crippen LogP contribution < -0.4 is 14.8 Å². The van der Waals surface area contributed by atoms with Gasteiger partial charge in [0.15, 0.2) is 0 Å². The molecule has 2 N–H and O–H groups in total. The van der Waals surface area contributed by atoms with Crippen molar-refractivity contribution in [1.82, 2.24) is 5.32 Å². The monoisotopic (exact) mass is 343 g/mol. The molecule has 2 aromatic rings. The van der Waals surface area contributed by atoms with Crippen LogP contribution in [0.5, 0.6) is 11.5 Å². The lowest BCUT2D eigenvalue weighted by Crippen LogP contribution is -2.31. The summed E-state index contributed by atoms with van der Waals surface area (Å²) in [6.07, 6.45) is 1.48. The van der Waals surface area contributed by atoms with Gasteiger partial charge in [-0.3, -0.25) is 4.79 Å². The second-order valence-electron chi connectivity index (χ2n) is 5.88. The molecule has 0 amide bonds. The Kier molecular flexibility index (Phi) is 7.29. The van der Waals surface area contributed by atoms with Crippen LogP contribution in [0.3, 0.4) is 0 Å². The van der Waals surface area contributed by atoms with Crippen molar-refractivity contribution in [3.63, 3.8) is 0 Å². The molecule has 2 aromatic carbocycles. The average Bonchev–Trinajstić information content (AvgIpc) is 2.64. The molecule has 25 heavy (non-hydrogen) atoms. The maximum absolute atomic E-state index is 11.0. The fourth-order valence-corrected chi connectivity index (χ4v) is 2.75. The Morgan fingerprint density at radius 1 is 1.12 bits per heavy atom. The third kappa shape index (κ3) is 6.12. The highest BCUT2D eigenvalue weighted by Crippen LogP contribution is 2.24. The van der Waals surface area contributed by atoms with E-state index in [-0.39, 0.29) is 12.5 Å². The number of aliphatic carboxylic acids is 1. The van der Waals surface area contributed by atoms with Crippen molar-refractivity contribution in [3.8, 4) is 11.5 Å². The Hall–Kier alpha value is -2.53. The highest BCUT2D eigenvalue weighted by molar-refractivity contribution is 5.66. The summed E-state index contributed by atoms with van der Waals surface area (Å²) < 4.78 is 10.7. The van der Waals surface area contributed by atoms with Crippen LogP contribution in [0.25, 0.3) is 0 Å². The zero-order valence-electron chi connectivity index (χ0n) is 14.7. The fraction of sp³-hybridized carbons (Fsp3) is 0.350. The number of benzene rings is 2. The molecule has 0 bridgehead atoms. The molecule has 0 radical (unpaired) electrons. The molecule has 0 saturated heterocycles. The Bertz CT molecular complexity index is 673. The van der Waals surface area contributed by atoms with E-state index in [9.17, 15) is 4.79 Å². The molecule has 2 rings (SSSR count). The molecule has 0 saturated carbocycles. The fourth-order valence-electron chi connectivity index (χ4n) is 2.75. The minimum absolute atomic E-state index is 0.0643. The highest BCUT2D eigenvalue weighted by atomic mass is 16.5. The summed E-state index contributed by atoms with van der Waals surface area (Å²) in [5.74, 6) is 0.770. The van der Waals surface area contributed by atoms with E-state index in [1.165, 1.54) is 5.56 Å². The zero-order chi connectivity index (χ0) is 18.1. The summed E-state index contributed by atoms with van der Waals surface area (Å²) in [6, 6.07) is 15.8. The first-order valence-electron chi connectivity index (χ1n) is 8.32. The van der Waals surface area contributed by atoms with Gasteiger partial charge in [-0.1, -0.05) is 30.3 Å². The van der Waals surface area contributed by atoms with Gasteiger partial charge in [0.05, 0.1) is 14.2 Å². The molecular weight excluding hydrogens is 318 g/mol. The Morgan fingerprint density at radius 3 is 2.52 bits per heavy atom. The predicted octanol–water partition coefficient (Wildman–Crippen LogP) is 3.27. The SMILES string of the molecule is COc1ccc(OC)c(CNC(CCC(=O)O)Cc2ccccc2)c1. The third-order valence-corrected chi connectivity index (χ3v) is 4.10. The van der Waals surface area contributed by atoms with Gasteiger partial charge in [0.25, 0.3) is 0 Å². The van der Waals surface area contributed by atoms with Gasteiger partial charge in [0, 0.05) is 24.6 Å². The first-order chi connectivity index (χ1) is 12.1. The molecule has 0 heterocycles. The molecule has 0 aromatic heterocycles. The molecule has 5 nitrogen and oxygen atoms in total.